The molecule has 136 valence electrons. The summed E-state index contributed by atoms with van der Waals surface area (Å²) < 4.78 is 27.8. The first-order valence-corrected chi connectivity index (χ1v) is 8.86. The minimum Gasteiger partial charge on any atom is -0.507 e. The van der Waals surface area contributed by atoms with E-state index in [1.165, 1.54) is 19.1 Å². The number of nitrogens with one attached hydrogen (secondary N) is 1. The highest BCUT2D eigenvalue weighted by molar-refractivity contribution is 7.92. The van der Waals surface area contributed by atoms with E-state index >= 15 is 0 Å². The number of nitrogens with zero attached hydrogens (tertiary/aromatic N) is 2. The van der Waals surface area contributed by atoms with Crippen molar-refractivity contribution in [3.05, 3.63) is 47.0 Å². The van der Waals surface area contributed by atoms with Gasteiger partial charge in [0.25, 0.3) is 10.0 Å². The van der Waals surface area contributed by atoms with Crippen molar-refractivity contribution in [2.24, 2.45) is 0 Å². The van der Waals surface area contributed by atoms with Crippen LogP contribution in [0.15, 0.2) is 35.2 Å². The van der Waals surface area contributed by atoms with Gasteiger partial charge in [-0.3, -0.25) is 4.72 Å². The molecule has 0 unspecified atom stereocenters. The molecule has 0 bridgehead atoms. The molecule has 8 nitrogen and oxygen atoms in total. The lowest BCUT2D eigenvalue weighted by Crippen LogP contribution is -2.17. The minimum absolute atomic E-state index is 0.0723. The molecule has 9 heteroatoms. The van der Waals surface area contributed by atoms with Crippen LogP contribution < -0.4 is 9.62 Å². The third-order valence-electron chi connectivity index (χ3n) is 3.70. The number of benzene rings is 2. The van der Waals surface area contributed by atoms with Crippen LogP contribution in [-0.4, -0.2) is 38.7 Å². The Morgan fingerprint density at radius 3 is 2.42 bits per heavy atom. The second-order valence-corrected chi connectivity index (χ2v) is 7.43. The van der Waals surface area contributed by atoms with Gasteiger partial charge >= 0.3 is 5.97 Å². The van der Waals surface area contributed by atoms with Crippen LogP contribution in [0.1, 0.15) is 21.5 Å². The molecule has 0 spiro atoms. The summed E-state index contributed by atoms with van der Waals surface area (Å²) in [6, 6.07) is 8.53. The number of sulfonamides is 1. The summed E-state index contributed by atoms with van der Waals surface area (Å²) in [6.45, 7) is 1.43. The van der Waals surface area contributed by atoms with E-state index in [9.17, 15) is 23.6 Å². The number of aryl methyl sites for hydroxylation is 1. The maximum Gasteiger partial charge on any atom is 0.339 e. The van der Waals surface area contributed by atoms with Gasteiger partial charge in [-0.2, -0.15) is 5.26 Å². The summed E-state index contributed by atoms with van der Waals surface area (Å²) in [5, 5.41) is 28.0. The van der Waals surface area contributed by atoms with Crippen molar-refractivity contribution >= 4 is 27.4 Å². The third-order valence-corrected chi connectivity index (χ3v) is 5.21. The van der Waals surface area contributed by atoms with Crippen LogP contribution in [0.4, 0.5) is 11.4 Å². The number of carbonyl (C=O) groups is 1. The van der Waals surface area contributed by atoms with E-state index in [4.69, 9.17) is 5.11 Å². The van der Waals surface area contributed by atoms with Gasteiger partial charge in [0, 0.05) is 19.8 Å². The summed E-state index contributed by atoms with van der Waals surface area (Å²) in [7, 11) is -0.652. The van der Waals surface area contributed by atoms with Crippen molar-refractivity contribution in [3.8, 4) is 11.8 Å². The van der Waals surface area contributed by atoms with Gasteiger partial charge < -0.3 is 15.1 Å². The first-order chi connectivity index (χ1) is 12.1. The summed E-state index contributed by atoms with van der Waals surface area (Å²) in [5.41, 5.74) is 0.508. The maximum atomic E-state index is 12.7. The van der Waals surface area contributed by atoms with Crippen molar-refractivity contribution in [2.45, 2.75) is 11.8 Å². The molecule has 2 aromatic carbocycles. The van der Waals surface area contributed by atoms with Crippen molar-refractivity contribution in [3.63, 3.8) is 0 Å². The highest BCUT2D eigenvalue weighted by Crippen LogP contribution is 2.29. The van der Waals surface area contributed by atoms with Gasteiger partial charge in [-0.25, -0.2) is 13.2 Å². The van der Waals surface area contributed by atoms with Crippen LogP contribution in [0.5, 0.6) is 5.75 Å². The van der Waals surface area contributed by atoms with Crippen LogP contribution in [0.2, 0.25) is 0 Å². The summed E-state index contributed by atoms with van der Waals surface area (Å²) in [5.74, 6) is -1.98. The zero-order chi connectivity index (χ0) is 19.6. The van der Waals surface area contributed by atoms with E-state index in [-0.39, 0.29) is 21.7 Å². The molecule has 0 heterocycles. The van der Waals surface area contributed by atoms with Gasteiger partial charge in [-0.05, 0) is 42.8 Å². The van der Waals surface area contributed by atoms with Gasteiger partial charge in [0.15, 0.2) is 0 Å². The molecule has 0 aliphatic carbocycles. The summed E-state index contributed by atoms with van der Waals surface area (Å²) >= 11 is 0. The monoisotopic (exact) mass is 375 g/mol. The Hall–Kier alpha value is -3.25. The smallest absolute Gasteiger partial charge is 0.339 e. The average molecular weight is 375 g/mol. The first-order valence-electron chi connectivity index (χ1n) is 7.38. The summed E-state index contributed by atoms with van der Waals surface area (Å²) in [4.78, 5) is 12.6. The van der Waals surface area contributed by atoms with Crippen molar-refractivity contribution in [1.29, 1.82) is 5.26 Å². The second-order valence-electron chi connectivity index (χ2n) is 5.78. The first kappa shape index (κ1) is 19.1. The van der Waals surface area contributed by atoms with Crippen LogP contribution in [-0.2, 0) is 10.0 Å². The largest absolute Gasteiger partial charge is 0.507 e. The van der Waals surface area contributed by atoms with E-state index in [1.54, 1.807) is 25.1 Å². The predicted molar refractivity (Wildman–Crippen MR) is 96.1 cm³/mol. The van der Waals surface area contributed by atoms with E-state index < -0.39 is 27.3 Å². The number of phenols is 1. The van der Waals surface area contributed by atoms with Gasteiger partial charge in [-0.15, -0.1) is 0 Å². The molecular weight excluding hydrogens is 358 g/mol. The van der Waals surface area contributed by atoms with E-state index in [1.807, 2.05) is 6.07 Å². The van der Waals surface area contributed by atoms with Crippen LogP contribution in [0.25, 0.3) is 0 Å². The Labute approximate surface area is 151 Å². The van der Waals surface area contributed by atoms with Crippen LogP contribution in [0, 0.1) is 18.3 Å². The molecule has 0 radical (unpaired) electrons. The molecule has 2 rings (SSSR count). The molecule has 0 fully saturated rings. The number of nitriles is 1. The number of aromatic carboxylic acids is 1. The molecular formula is C17H17N3O5S. The Bertz CT molecular complexity index is 1020. The molecule has 0 aromatic heterocycles. The molecule has 0 atom stereocenters. The van der Waals surface area contributed by atoms with Gasteiger partial charge in [-0.1, -0.05) is 0 Å². The maximum absolute atomic E-state index is 12.7. The lowest BCUT2D eigenvalue weighted by molar-refractivity contribution is 0.0693. The van der Waals surface area contributed by atoms with Crippen molar-refractivity contribution in [1.82, 2.24) is 0 Å². The molecule has 3 N–H and O–H groups in total. The average Bonchev–Trinajstić information content (AvgIpc) is 2.53. The molecule has 0 saturated heterocycles. The Morgan fingerprint density at radius 1 is 1.23 bits per heavy atom. The lowest BCUT2D eigenvalue weighted by atomic mass is 10.1. The quantitative estimate of drug-likeness (QED) is 0.729. The fraction of sp³-hybridized carbons (Fsp3) is 0.176. The molecule has 26 heavy (non-hydrogen) atoms. The van der Waals surface area contributed by atoms with Gasteiger partial charge in [0.1, 0.15) is 17.4 Å². The minimum atomic E-state index is -4.19. The number of hydrogen-bond acceptors (Lipinski definition) is 6. The normalized spacial score (nSPS) is 10.8. The van der Waals surface area contributed by atoms with Gasteiger partial charge in [0.2, 0.25) is 0 Å². The molecule has 0 aliphatic heterocycles. The van der Waals surface area contributed by atoms with Crippen molar-refractivity contribution in [2.75, 3.05) is 23.7 Å². The van der Waals surface area contributed by atoms with Crippen LogP contribution >= 0.6 is 0 Å². The SMILES string of the molecule is Cc1cc(O)c(C(=O)O)cc1S(=O)(=O)Nc1cc(N(C)C)ccc1C#N. The predicted octanol–water partition coefficient (Wildman–Crippen LogP) is 2.14. The van der Waals surface area contributed by atoms with Gasteiger partial charge in [0.05, 0.1) is 16.1 Å². The molecule has 0 amide bonds. The standard InChI is InChI=1S/C17H17N3O5S/c1-10-6-15(21)13(17(22)23)8-16(10)26(24,25)19-14-7-12(20(2)3)5-4-11(14)9-18/h4-8,19,21H,1-3H3,(H,22,23). The molecule has 0 saturated carbocycles. The van der Waals surface area contributed by atoms with Crippen molar-refractivity contribution < 1.29 is 23.4 Å². The fourth-order valence-corrected chi connectivity index (χ4v) is 3.65. The molecule has 0 aliphatic rings. The Balaban J connectivity index is 2.57. The topological polar surface area (TPSA) is 131 Å². The highest BCUT2D eigenvalue weighted by Gasteiger charge is 2.23. The highest BCUT2D eigenvalue weighted by atomic mass is 32.2. The fourth-order valence-electron chi connectivity index (χ4n) is 2.33. The number of hydrogen-bond donors (Lipinski definition) is 3. The molecule has 2 aromatic rings. The van der Waals surface area contributed by atoms with E-state index in [0.717, 1.165) is 12.1 Å². The number of aromatic hydroxyl groups is 1. The summed E-state index contributed by atoms with van der Waals surface area (Å²) in [6.07, 6.45) is 0. The zero-order valence-corrected chi connectivity index (χ0v) is 15.1. The number of anilines is 2. The van der Waals surface area contributed by atoms with E-state index in [2.05, 4.69) is 4.72 Å². The number of rotatable bonds is 5. The zero-order valence-electron chi connectivity index (χ0n) is 14.3. The van der Waals surface area contributed by atoms with E-state index in [0.29, 0.717) is 5.69 Å². The number of carboxylic acid groups (broad SMARTS) is 1. The Morgan fingerprint density at radius 2 is 1.88 bits per heavy atom. The number of carboxylic acids is 1. The lowest BCUT2D eigenvalue weighted by Gasteiger charge is -2.17. The second kappa shape index (κ2) is 6.93. The van der Waals surface area contributed by atoms with Crippen LogP contribution in [0.3, 0.4) is 0 Å². The third kappa shape index (κ3) is 3.70. The Kier molecular flexibility index (Phi) is 5.09.